The molecule has 4 bridgehead atoms. The van der Waals surface area contributed by atoms with Crippen LogP contribution in [0.1, 0.15) is 56.6 Å². The normalized spacial score (nSPS) is 33.4. The number of hydrogen-bond donors (Lipinski definition) is 1. The summed E-state index contributed by atoms with van der Waals surface area (Å²) in [6, 6.07) is 7.21. The van der Waals surface area contributed by atoms with Crippen molar-refractivity contribution in [1.82, 2.24) is 0 Å². The van der Waals surface area contributed by atoms with E-state index in [4.69, 9.17) is 9.15 Å². The second-order valence-corrected chi connectivity index (χ2v) is 9.32. The summed E-state index contributed by atoms with van der Waals surface area (Å²) >= 11 is 0. The van der Waals surface area contributed by atoms with Gasteiger partial charge in [0.2, 0.25) is 0 Å². The van der Waals surface area contributed by atoms with Gasteiger partial charge in [-0.05, 0) is 68.4 Å². The molecular formula is C23H26O5. The molecule has 2 unspecified atom stereocenters. The fourth-order valence-corrected chi connectivity index (χ4v) is 6.36. The van der Waals surface area contributed by atoms with E-state index in [9.17, 15) is 14.7 Å². The van der Waals surface area contributed by atoms with Crippen molar-refractivity contribution in [3.63, 3.8) is 0 Å². The highest BCUT2D eigenvalue weighted by Gasteiger charge is 2.60. The summed E-state index contributed by atoms with van der Waals surface area (Å²) < 4.78 is 11.1. The van der Waals surface area contributed by atoms with Gasteiger partial charge in [0.25, 0.3) is 0 Å². The van der Waals surface area contributed by atoms with Crippen LogP contribution >= 0.6 is 0 Å². The Morgan fingerprint density at radius 2 is 1.96 bits per heavy atom. The predicted octanol–water partition coefficient (Wildman–Crippen LogP) is 3.73. The number of fused-ring (bicyclic) bond motifs is 1. The van der Waals surface area contributed by atoms with E-state index in [2.05, 4.69) is 0 Å². The maximum atomic E-state index is 13.1. The Morgan fingerprint density at radius 3 is 2.64 bits per heavy atom. The third-order valence-electron chi connectivity index (χ3n) is 7.12. The summed E-state index contributed by atoms with van der Waals surface area (Å²) in [7, 11) is 0. The van der Waals surface area contributed by atoms with Gasteiger partial charge in [0.05, 0.1) is 11.0 Å². The molecule has 4 saturated carbocycles. The summed E-state index contributed by atoms with van der Waals surface area (Å²) in [6.45, 7) is 2.10. The maximum absolute atomic E-state index is 13.1. The molecule has 1 heterocycles. The average molecular weight is 382 g/mol. The zero-order valence-corrected chi connectivity index (χ0v) is 16.2. The zero-order chi connectivity index (χ0) is 19.5. The molecule has 6 rings (SSSR count). The lowest BCUT2D eigenvalue weighted by Crippen LogP contribution is -2.58. The number of carbonyl (C=O) groups excluding carboxylic acids is 1. The summed E-state index contributed by atoms with van der Waals surface area (Å²) in [5.41, 5.74) is 0.610. The number of ether oxygens (including phenoxy) is 1. The van der Waals surface area contributed by atoms with Gasteiger partial charge in [-0.2, -0.15) is 0 Å². The zero-order valence-electron chi connectivity index (χ0n) is 16.2. The first-order chi connectivity index (χ1) is 13.4. The molecule has 4 fully saturated rings. The number of esters is 1. The second kappa shape index (κ2) is 6.18. The van der Waals surface area contributed by atoms with Gasteiger partial charge in [-0.15, -0.1) is 0 Å². The minimum absolute atomic E-state index is 0.0575. The average Bonchev–Trinajstić information content (AvgIpc) is 2.63. The molecule has 5 heteroatoms. The van der Waals surface area contributed by atoms with Crippen molar-refractivity contribution >= 4 is 16.9 Å². The molecule has 1 N–H and O–H groups in total. The van der Waals surface area contributed by atoms with Crippen LogP contribution in [0.5, 0.6) is 0 Å². The van der Waals surface area contributed by atoms with Gasteiger partial charge in [-0.1, -0.05) is 19.1 Å². The smallest absolute Gasteiger partial charge is 0.336 e. The molecule has 28 heavy (non-hydrogen) atoms. The first-order valence-electron chi connectivity index (χ1n) is 10.3. The van der Waals surface area contributed by atoms with Gasteiger partial charge < -0.3 is 14.3 Å². The van der Waals surface area contributed by atoms with E-state index in [0.717, 1.165) is 49.5 Å². The third-order valence-corrected chi connectivity index (χ3v) is 7.12. The molecular weight excluding hydrogens is 356 g/mol. The second-order valence-electron chi connectivity index (χ2n) is 9.32. The predicted molar refractivity (Wildman–Crippen MR) is 104 cm³/mol. The Labute approximate surface area is 163 Å². The topological polar surface area (TPSA) is 76.7 Å². The molecule has 1 aromatic carbocycles. The quantitative estimate of drug-likeness (QED) is 0.644. The first-order valence-corrected chi connectivity index (χ1v) is 10.3. The number of rotatable bonds is 4. The molecule has 5 nitrogen and oxygen atoms in total. The summed E-state index contributed by atoms with van der Waals surface area (Å²) in [6.07, 6.45) is 5.78. The number of aliphatic hydroxyl groups is 1. The van der Waals surface area contributed by atoms with E-state index in [-0.39, 0.29) is 12.6 Å². The molecule has 4 aliphatic rings. The number of hydrogen-bond acceptors (Lipinski definition) is 5. The Balaban J connectivity index is 1.39. The van der Waals surface area contributed by atoms with E-state index in [0.29, 0.717) is 29.4 Å². The fraction of sp³-hybridized carbons (Fsp3) is 0.565. The molecule has 0 spiro atoms. The highest BCUT2D eigenvalue weighted by molar-refractivity contribution is 5.82. The Hall–Kier alpha value is -2.14. The summed E-state index contributed by atoms with van der Waals surface area (Å²) in [5.74, 6) is 0.637. The van der Waals surface area contributed by atoms with Crippen molar-refractivity contribution in [3.05, 3.63) is 45.8 Å². The van der Waals surface area contributed by atoms with E-state index >= 15 is 0 Å². The molecule has 4 aliphatic carbocycles. The van der Waals surface area contributed by atoms with Crippen LogP contribution in [0.25, 0.3) is 11.0 Å². The number of aryl methyl sites for hydroxylation is 1. The molecule has 2 aromatic rings. The van der Waals surface area contributed by atoms with Crippen LogP contribution in [0.15, 0.2) is 33.5 Å². The fourth-order valence-electron chi connectivity index (χ4n) is 6.36. The lowest BCUT2D eigenvalue weighted by atomic mass is 9.48. The van der Waals surface area contributed by atoms with Gasteiger partial charge in [0.15, 0.2) is 0 Å². The maximum Gasteiger partial charge on any atom is 0.336 e. The third kappa shape index (κ3) is 2.87. The van der Waals surface area contributed by atoms with Crippen LogP contribution in [0.4, 0.5) is 0 Å². The van der Waals surface area contributed by atoms with E-state index in [1.807, 2.05) is 25.1 Å². The van der Waals surface area contributed by atoms with Crippen LogP contribution in [-0.2, 0) is 22.6 Å². The van der Waals surface area contributed by atoms with Crippen LogP contribution in [0.3, 0.4) is 0 Å². The van der Waals surface area contributed by atoms with Crippen molar-refractivity contribution in [2.75, 3.05) is 0 Å². The summed E-state index contributed by atoms with van der Waals surface area (Å²) in [4.78, 5) is 25.1. The van der Waals surface area contributed by atoms with Gasteiger partial charge in [-0.25, -0.2) is 4.79 Å². The van der Waals surface area contributed by atoms with E-state index < -0.39 is 16.6 Å². The minimum atomic E-state index is -0.694. The molecule has 148 valence electrons. The van der Waals surface area contributed by atoms with Crippen LogP contribution in [-0.4, -0.2) is 16.7 Å². The van der Waals surface area contributed by atoms with Crippen molar-refractivity contribution < 1.29 is 19.1 Å². The SMILES string of the molecule is CCc1ccc2c(COC(=O)C34CC5CC(CC(O)(C5)C3)C4)cc(=O)oc2c1. The molecule has 0 amide bonds. The number of benzene rings is 1. The minimum Gasteiger partial charge on any atom is -0.460 e. The first kappa shape index (κ1) is 17.9. The van der Waals surface area contributed by atoms with Crippen molar-refractivity contribution in [2.24, 2.45) is 17.3 Å². The van der Waals surface area contributed by atoms with Gasteiger partial charge in [0, 0.05) is 17.0 Å². The van der Waals surface area contributed by atoms with Crippen molar-refractivity contribution in [1.29, 1.82) is 0 Å². The molecule has 1 aromatic heterocycles. The van der Waals surface area contributed by atoms with Crippen LogP contribution < -0.4 is 5.63 Å². The van der Waals surface area contributed by atoms with Crippen molar-refractivity contribution in [2.45, 2.75) is 64.1 Å². The molecule has 0 aliphatic heterocycles. The highest BCUT2D eigenvalue weighted by Crippen LogP contribution is 2.62. The van der Waals surface area contributed by atoms with Crippen LogP contribution in [0.2, 0.25) is 0 Å². The lowest BCUT2D eigenvalue weighted by Gasteiger charge is -2.58. The van der Waals surface area contributed by atoms with E-state index in [1.165, 1.54) is 6.07 Å². The summed E-state index contributed by atoms with van der Waals surface area (Å²) in [5, 5.41) is 11.7. The standard InChI is InChI=1S/C23H26O5/c1-2-14-3-4-18-17(7-20(24)28-19(18)6-14)12-27-21(25)22-8-15-5-16(9-22)11-23(26,10-15)13-22/h3-4,6-7,15-16,26H,2,5,8-13H2,1H3. The van der Waals surface area contributed by atoms with Gasteiger partial charge >= 0.3 is 11.6 Å². The molecule has 0 saturated heterocycles. The highest BCUT2D eigenvalue weighted by atomic mass is 16.5. The van der Waals surface area contributed by atoms with Gasteiger partial charge in [-0.3, -0.25) is 4.79 Å². The van der Waals surface area contributed by atoms with Crippen LogP contribution in [0, 0.1) is 17.3 Å². The Morgan fingerprint density at radius 1 is 1.21 bits per heavy atom. The van der Waals surface area contributed by atoms with E-state index in [1.54, 1.807) is 0 Å². The molecule has 0 radical (unpaired) electrons. The Kier molecular flexibility index (Phi) is 3.96. The van der Waals surface area contributed by atoms with Gasteiger partial charge in [0.1, 0.15) is 12.2 Å². The lowest BCUT2D eigenvalue weighted by molar-refractivity contribution is -0.197. The largest absolute Gasteiger partial charge is 0.460 e. The monoisotopic (exact) mass is 382 g/mol. The number of carbonyl (C=O) groups is 1. The Bertz CT molecular complexity index is 990. The molecule has 2 atom stereocenters. The van der Waals surface area contributed by atoms with Crippen molar-refractivity contribution in [3.8, 4) is 0 Å².